The van der Waals surface area contributed by atoms with Crippen molar-refractivity contribution in [2.24, 2.45) is 5.73 Å². The normalized spacial score (nSPS) is 16.5. The average molecular weight is 251 g/mol. The van der Waals surface area contributed by atoms with Crippen LogP contribution in [0.3, 0.4) is 0 Å². The molecule has 3 heteroatoms. The molecule has 0 aromatic heterocycles. The number of fused-ring (bicyclic) bond motifs is 1. The Balaban J connectivity index is 2.10. The summed E-state index contributed by atoms with van der Waals surface area (Å²) in [5.74, 6) is 1.97. The summed E-state index contributed by atoms with van der Waals surface area (Å²) in [5, 5.41) is 0. The lowest BCUT2D eigenvalue weighted by Crippen LogP contribution is -2.18. The molecular formula is C14H21NOS. The van der Waals surface area contributed by atoms with Crippen LogP contribution in [-0.4, -0.2) is 17.1 Å². The summed E-state index contributed by atoms with van der Waals surface area (Å²) >= 11 is 1.90. The van der Waals surface area contributed by atoms with E-state index in [1.54, 1.807) is 0 Å². The summed E-state index contributed by atoms with van der Waals surface area (Å²) in [6, 6.07) is 6.38. The molecule has 2 nitrogen and oxygen atoms in total. The monoisotopic (exact) mass is 251 g/mol. The zero-order chi connectivity index (χ0) is 12.5. The Morgan fingerprint density at radius 1 is 1.41 bits per heavy atom. The summed E-state index contributed by atoms with van der Waals surface area (Å²) in [7, 11) is 0. The molecule has 1 aliphatic heterocycles. The first-order valence-electron chi connectivity index (χ1n) is 6.11. The van der Waals surface area contributed by atoms with E-state index >= 15 is 0 Å². The number of thioether (sulfide) groups is 1. The SMILES string of the molecule is CC(C)(C)SCC(N)c1cccc2c1OCC2. The molecule has 1 heterocycles. The van der Waals surface area contributed by atoms with Crippen LogP contribution in [0.5, 0.6) is 5.75 Å². The van der Waals surface area contributed by atoms with E-state index in [2.05, 4.69) is 39.0 Å². The molecule has 0 bridgehead atoms. The molecule has 17 heavy (non-hydrogen) atoms. The number of rotatable bonds is 3. The molecule has 1 aromatic carbocycles. The van der Waals surface area contributed by atoms with Gasteiger partial charge >= 0.3 is 0 Å². The lowest BCUT2D eigenvalue weighted by atomic mass is 10.0. The van der Waals surface area contributed by atoms with Gasteiger partial charge in [-0.1, -0.05) is 39.0 Å². The Morgan fingerprint density at radius 2 is 2.18 bits per heavy atom. The van der Waals surface area contributed by atoms with Crippen molar-refractivity contribution >= 4 is 11.8 Å². The first-order valence-corrected chi connectivity index (χ1v) is 7.10. The Kier molecular flexibility index (Phi) is 3.69. The van der Waals surface area contributed by atoms with Crippen LogP contribution in [0.15, 0.2) is 18.2 Å². The second kappa shape index (κ2) is 4.91. The molecule has 0 amide bonds. The maximum atomic E-state index is 6.27. The lowest BCUT2D eigenvalue weighted by Gasteiger charge is -2.21. The minimum absolute atomic E-state index is 0.0623. The smallest absolute Gasteiger partial charge is 0.127 e. The lowest BCUT2D eigenvalue weighted by molar-refractivity contribution is 0.352. The van der Waals surface area contributed by atoms with Gasteiger partial charge in [0.15, 0.2) is 0 Å². The van der Waals surface area contributed by atoms with Gasteiger partial charge in [0.25, 0.3) is 0 Å². The molecule has 0 aliphatic carbocycles. The van der Waals surface area contributed by atoms with Crippen molar-refractivity contribution in [3.05, 3.63) is 29.3 Å². The fourth-order valence-electron chi connectivity index (χ4n) is 1.96. The zero-order valence-corrected chi connectivity index (χ0v) is 11.6. The van der Waals surface area contributed by atoms with Crippen molar-refractivity contribution < 1.29 is 4.74 Å². The molecule has 0 fully saturated rings. The molecule has 94 valence electrons. The molecule has 1 atom stereocenters. The minimum Gasteiger partial charge on any atom is -0.493 e. The van der Waals surface area contributed by atoms with Crippen LogP contribution in [0.1, 0.15) is 37.9 Å². The third kappa shape index (κ3) is 3.17. The Morgan fingerprint density at radius 3 is 2.88 bits per heavy atom. The van der Waals surface area contributed by atoms with Crippen LogP contribution in [0, 0.1) is 0 Å². The van der Waals surface area contributed by atoms with Crippen molar-refractivity contribution in [2.45, 2.75) is 38.0 Å². The Bertz CT molecular complexity index is 398. The van der Waals surface area contributed by atoms with E-state index in [1.165, 1.54) is 5.56 Å². The highest BCUT2D eigenvalue weighted by Gasteiger charge is 2.21. The quantitative estimate of drug-likeness (QED) is 0.896. The van der Waals surface area contributed by atoms with Gasteiger partial charge in [-0.05, 0) is 5.56 Å². The summed E-state index contributed by atoms with van der Waals surface area (Å²) in [6.07, 6.45) is 1.02. The first-order chi connectivity index (χ1) is 7.97. The van der Waals surface area contributed by atoms with Crippen LogP contribution in [0.4, 0.5) is 0 Å². The first kappa shape index (κ1) is 12.8. The number of nitrogens with two attached hydrogens (primary N) is 1. The van der Waals surface area contributed by atoms with Gasteiger partial charge in [-0.25, -0.2) is 0 Å². The third-order valence-corrected chi connectivity index (χ3v) is 4.23. The van der Waals surface area contributed by atoms with Crippen molar-refractivity contribution in [2.75, 3.05) is 12.4 Å². The van der Waals surface area contributed by atoms with E-state index in [-0.39, 0.29) is 10.8 Å². The van der Waals surface area contributed by atoms with Gasteiger partial charge in [-0.15, -0.1) is 0 Å². The topological polar surface area (TPSA) is 35.2 Å². The number of hydrogen-bond acceptors (Lipinski definition) is 3. The maximum absolute atomic E-state index is 6.27. The van der Waals surface area contributed by atoms with E-state index in [1.807, 2.05) is 11.8 Å². The molecule has 1 aromatic rings. The molecule has 1 unspecified atom stereocenters. The minimum atomic E-state index is 0.0623. The van der Waals surface area contributed by atoms with Crippen LogP contribution >= 0.6 is 11.8 Å². The fraction of sp³-hybridized carbons (Fsp3) is 0.571. The van der Waals surface area contributed by atoms with E-state index in [9.17, 15) is 0 Å². The summed E-state index contributed by atoms with van der Waals surface area (Å²) in [6.45, 7) is 7.45. The molecule has 0 saturated carbocycles. The second-order valence-electron chi connectivity index (χ2n) is 5.46. The maximum Gasteiger partial charge on any atom is 0.127 e. The van der Waals surface area contributed by atoms with Crippen LogP contribution in [0.25, 0.3) is 0 Å². The molecule has 2 N–H and O–H groups in total. The van der Waals surface area contributed by atoms with Gasteiger partial charge in [0.2, 0.25) is 0 Å². The van der Waals surface area contributed by atoms with Crippen molar-refractivity contribution in [3.63, 3.8) is 0 Å². The highest BCUT2D eigenvalue weighted by Crippen LogP contribution is 2.35. The molecule has 0 saturated heterocycles. The summed E-state index contributed by atoms with van der Waals surface area (Å²) < 4.78 is 5.95. The van der Waals surface area contributed by atoms with E-state index in [4.69, 9.17) is 10.5 Å². The van der Waals surface area contributed by atoms with E-state index < -0.39 is 0 Å². The highest BCUT2D eigenvalue weighted by molar-refractivity contribution is 8.00. The van der Waals surface area contributed by atoms with Gasteiger partial charge in [-0.3, -0.25) is 0 Å². The summed E-state index contributed by atoms with van der Waals surface area (Å²) in [4.78, 5) is 0. The molecule has 0 spiro atoms. The highest BCUT2D eigenvalue weighted by atomic mass is 32.2. The van der Waals surface area contributed by atoms with Gasteiger partial charge in [-0.2, -0.15) is 11.8 Å². The fourth-order valence-corrected chi connectivity index (χ4v) is 2.82. The standard InChI is InChI=1S/C14H21NOS/c1-14(2,3)17-9-12(15)11-6-4-5-10-7-8-16-13(10)11/h4-6,12H,7-9,15H2,1-3H3. The third-order valence-electron chi connectivity index (χ3n) is 2.84. The van der Waals surface area contributed by atoms with Crippen LogP contribution in [-0.2, 0) is 6.42 Å². The largest absolute Gasteiger partial charge is 0.493 e. The predicted octanol–water partition coefficient (Wildman–Crippen LogP) is 3.15. The van der Waals surface area contributed by atoms with Gasteiger partial charge < -0.3 is 10.5 Å². The van der Waals surface area contributed by atoms with Crippen molar-refractivity contribution in [1.82, 2.24) is 0 Å². The zero-order valence-electron chi connectivity index (χ0n) is 10.8. The average Bonchev–Trinajstić information content (AvgIpc) is 2.72. The van der Waals surface area contributed by atoms with Gasteiger partial charge in [0.1, 0.15) is 5.75 Å². The number of hydrogen-bond donors (Lipinski definition) is 1. The molecule has 2 rings (SSSR count). The number of benzene rings is 1. The molecule has 1 aliphatic rings. The number of para-hydroxylation sites is 1. The van der Waals surface area contributed by atoms with Crippen LogP contribution in [0.2, 0.25) is 0 Å². The molecule has 0 radical (unpaired) electrons. The Hall–Kier alpha value is -0.670. The summed E-state index contributed by atoms with van der Waals surface area (Å²) in [5.41, 5.74) is 8.74. The number of ether oxygens (including phenoxy) is 1. The van der Waals surface area contributed by atoms with Crippen LogP contribution < -0.4 is 10.5 Å². The predicted molar refractivity (Wildman–Crippen MR) is 74.8 cm³/mol. The second-order valence-corrected chi connectivity index (χ2v) is 7.31. The van der Waals surface area contributed by atoms with Gasteiger partial charge in [0, 0.05) is 28.5 Å². The van der Waals surface area contributed by atoms with Crippen molar-refractivity contribution in [3.8, 4) is 5.75 Å². The Labute approximate surface area is 108 Å². The molecular weight excluding hydrogens is 230 g/mol. The van der Waals surface area contributed by atoms with E-state index in [0.29, 0.717) is 0 Å². The van der Waals surface area contributed by atoms with Crippen molar-refractivity contribution in [1.29, 1.82) is 0 Å². The van der Waals surface area contributed by atoms with E-state index in [0.717, 1.165) is 30.1 Å². The van der Waals surface area contributed by atoms with Gasteiger partial charge in [0.05, 0.1) is 6.61 Å².